The van der Waals surface area contributed by atoms with Gasteiger partial charge in [-0.25, -0.2) is 4.98 Å². The van der Waals surface area contributed by atoms with Gasteiger partial charge in [0, 0.05) is 14.6 Å². The van der Waals surface area contributed by atoms with Crippen LogP contribution in [0.2, 0.25) is 0 Å². The third-order valence-corrected chi connectivity index (χ3v) is 2.94. The lowest BCUT2D eigenvalue weighted by molar-refractivity contribution is 1.26. The van der Waals surface area contributed by atoms with Gasteiger partial charge in [-0.05, 0) is 30.3 Å². The lowest BCUT2D eigenvalue weighted by atomic mass is 10.3. The Kier molecular flexibility index (Phi) is 3.77. The highest BCUT2D eigenvalue weighted by atomic mass is 79.9. The molecule has 0 fully saturated rings. The molecule has 84 valence electrons. The highest BCUT2D eigenvalue weighted by molar-refractivity contribution is 9.11. The van der Waals surface area contributed by atoms with Gasteiger partial charge in [0.2, 0.25) is 0 Å². The predicted octanol–water partition coefficient (Wildman–Crippen LogP) is 4.22. The maximum absolute atomic E-state index is 8.65. The number of benzene rings is 1. The second-order valence-corrected chi connectivity index (χ2v) is 5.16. The number of pyridine rings is 1. The molecule has 0 amide bonds. The Morgan fingerprint density at radius 1 is 1.06 bits per heavy atom. The minimum Gasteiger partial charge on any atom is -0.354 e. The lowest BCUT2D eigenvalue weighted by Crippen LogP contribution is -1.92. The van der Waals surface area contributed by atoms with Gasteiger partial charge in [-0.1, -0.05) is 31.9 Å². The van der Waals surface area contributed by atoms with Crippen molar-refractivity contribution >= 4 is 43.2 Å². The van der Waals surface area contributed by atoms with Crippen LogP contribution in [0.4, 0.5) is 11.4 Å². The Balaban J connectivity index is 2.22. The number of halogens is 2. The van der Waals surface area contributed by atoms with E-state index in [1.54, 1.807) is 12.3 Å². The first-order valence-corrected chi connectivity index (χ1v) is 6.35. The quantitative estimate of drug-likeness (QED) is 0.880. The molecule has 0 unspecified atom stereocenters. The lowest BCUT2D eigenvalue weighted by Gasteiger charge is -2.07. The van der Waals surface area contributed by atoms with E-state index in [4.69, 9.17) is 5.26 Å². The summed E-state index contributed by atoms with van der Waals surface area (Å²) in [5, 5.41) is 11.9. The zero-order chi connectivity index (χ0) is 12.3. The second-order valence-electron chi connectivity index (χ2n) is 3.33. The topological polar surface area (TPSA) is 48.7 Å². The van der Waals surface area contributed by atoms with E-state index in [9.17, 15) is 0 Å². The zero-order valence-corrected chi connectivity index (χ0v) is 11.8. The smallest absolute Gasteiger partial charge is 0.140 e. The van der Waals surface area contributed by atoms with Gasteiger partial charge in [-0.15, -0.1) is 0 Å². The van der Waals surface area contributed by atoms with Gasteiger partial charge in [0.05, 0.1) is 11.9 Å². The van der Waals surface area contributed by atoms with Crippen molar-refractivity contribution in [2.45, 2.75) is 0 Å². The number of nitrogens with zero attached hydrogens (tertiary/aromatic N) is 2. The number of rotatable bonds is 2. The van der Waals surface area contributed by atoms with E-state index in [1.165, 1.54) is 0 Å². The highest BCUT2D eigenvalue weighted by Gasteiger charge is 1.99. The molecule has 0 aliphatic carbocycles. The average Bonchev–Trinajstić information content (AvgIpc) is 2.28. The van der Waals surface area contributed by atoms with Gasteiger partial charge in [0.25, 0.3) is 0 Å². The van der Waals surface area contributed by atoms with E-state index in [-0.39, 0.29) is 0 Å². The molecule has 17 heavy (non-hydrogen) atoms. The molecule has 0 saturated heterocycles. The molecule has 0 aliphatic rings. The van der Waals surface area contributed by atoms with Crippen LogP contribution in [-0.2, 0) is 0 Å². The maximum Gasteiger partial charge on any atom is 0.140 e. The van der Waals surface area contributed by atoms with Crippen LogP contribution >= 0.6 is 31.9 Å². The van der Waals surface area contributed by atoms with Crippen molar-refractivity contribution in [1.29, 1.82) is 5.26 Å². The van der Waals surface area contributed by atoms with Crippen molar-refractivity contribution in [3.8, 4) is 6.07 Å². The fourth-order valence-electron chi connectivity index (χ4n) is 1.33. The fourth-order valence-corrected chi connectivity index (χ4v) is 2.62. The van der Waals surface area contributed by atoms with Gasteiger partial charge in [0.1, 0.15) is 11.8 Å². The number of hydrogen-bond donors (Lipinski definition) is 1. The highest BCUT2D eigenvalue weighted by Crippen LogP contribution is 2.25. The number of anilines is 2. The van der Waals surface area contributed by atoms with E-state index in [1.807, 2.05) is 30.3 Å². The molecule has 0 bridgehead atoms. The maximum atomic E-state index is 8.65. The van der Waals surface area contributed by atoms with Crippen molar-refractivity contribution in [1.82, 2.24) is 4.98 Å². The summed E-state index contributed by atoms with van der Waals surface area (Å²) < 4.78 is 1.96. The molecule has 0 radical (unpaired) electrons. The minimum absolute atomic E-state index is 0.408. The van der Waals surface area contributed by atoms with Crippen LogP contribution in [0.15, 0.2) is 45.5 Å². The molecule has 5 heteroatoms. The largest absolute Gasteiger partial charge is 0.354 e. The van der Waals surface area contributed by atoms with E-state index in [0.29, 0.717) is 5.69 Å². The van der Waals surface area contributed by atoms with Crippen molar-refractivity contribution < 1.29 is 0 Å². The van der Waals surface area contributed by atoms with Crippen LogP contribution in [0.5, 0.6) is 0 Å². The Bertz CT molecular complexity index is 553. The number of nitrogens with one attached hydrogen (secondary N) is 1. The van der Waals surface area contributed by atoms with Crippen LogP contribution < -0.4 is 5.32 Å². The molecule has 0 aliphatic heterocycles. The molecule has 0 saturated carbocycles. The van der Waals surface area contributed by atoms with Crippen LogP contribution in [-0.4, -0.2) is 4.98 Å². The summed E-state index contributed by atoms with van der Waals surface area (Å²) in [5.74, 6) is 0. The summed E-state index contributed by atoms with van der Waals surface area (Å²) in [6.07, 6.45) is 1.63. The van der Waals surface area contributed by atoms with E-state index in [0.717, 1.165) is 20.3 Å². The summed E-state index contributed by atoms with van der Waals surface area (Å²) in [6, 6.07) is 11.4. The van der Waals surface area contributed by atoms with Gasteiger partial charge in [-0.2, -0.15) is 5.26 Å². The number of aromatic nitrogens is 1. The van der Waals surface area contributed by atoms with Gasteiger partial charge in [0.15, 0.2) is 0 Å². The van der Waals surface area contributed by atoms with Crippen LogP contribution in [0.1, 0.15) is 5.69 Å². The zero-order valence-electron chi connectivity index (χ0n) is 8.61. The van der Waals surface area contributed by atoms with Gasteiger partial charge < -0.3 is 5.32 Å². The molecule has 3 nitrogen and oxygen atoms in total. The van der Waals surface area contributed by atoms with Gasteiger partial charge >= 0.3 is 0 Å². The summed E-state index contributed by atoms with van der Waals surface area (Å²) in [6.45, 7) is 0. The SMILES string of the molecule is N#Cc1ccc(Nc2cc(Br)cc(Br)c2)cn1. The molecule has 2 rings (SSSR count). The van der Waals surface area contributed by atoms with Crippen molar-refractivity contribution in [3.63, 3.8) is 0 Å². The van der Waals surface area contributed by atoms with Gasteiger partial charge in [-0.3, -0.25) is 0 Å². The van der Waals surface area contributed by atoms with Crippen LogP contribution in [0.3, 0.4) is 0 Å². The summed E-state index contributed by atoms with van der Waals surface area (Å²) in [5.41, 5.74) is 2.19. The molecule has 1 heterocycles. The van der Waals surface area contributed by atoms with Crippen LogP contribution in [0.25, 0.3) is 0 Å². The average molecular weight is 353 g/mol. The molecule has 1 aromatic carbocycles. The predicted molar refractivity (Wildman–Crippen MR) is 74.1 cm³/mol. The molecule has 1 N–H and O–H groups in total. The van der Waals surface area contributed by atoms with Crippen LogP contribution in [0, 0.1) is 11.3 Å². The standard InChI is InChI=1S/C12H7Br2N3/c13-8-3-9(14)5-12(4-8)17-11-2-1-10(6-15)16-7-11/h1-5,7,17H. The Labute approximate surface area is 116 Å². The first-order chi connectivity index (χ1) is 8.17. The number of nitriles is 1. The first-order valence-electron chi connectivity index (χ1n) is 4.76. The fraction of sp³-hybridized carbons (Fsp3) is 0. The Hall–Kier alpha value is -1.38. The summed E-state index contributed by atoms with van der Waals surface area (Å²) in [4.78, 5) is 3.99. The summed E-state index contributed by atoms with van der Waals surface area (Å²) >= 11 is 6.84. The van der Waals surface area contributed by atoms with E-state index >= 15 is 0 Å². The second kappa shape index (κ2) is 5.30. The molecule has 0 atom stereocenters. The Morgan fingerprint density at radius 3 is 2.29 bits per heavy atom. The van der Waals surface area contributed by atoms with Crippen molar-refractivity contribution in [2.24, 2.45) is 0 Å². The van der Waals surface area contributed by atoms with E-state index in [2.05, 4.69) is 42.2 Å². The normalized spacial score (nSPS) is 9.71. The number of hydrogen-bond acceptors (Lipinski definition) is 3. The summed E-state index contributed by atoms with van der Waals surface area (Å²) in [7, 11) is 0. The molecule has 2 aromatic rings. The molecular weight excluding hydrogens is 346 g/mol. The molecule has 0 spiro atoms. The van der Waals surface area contributed by atoms with Crippen molar-refractivity contribution in [3.05, 3.63) is 51.2 Å². The molecular formula is C12H7Br2N3. The van der Waals surface area contributed by atoms with E-state index < -0.39 is 0 Å². The Morgan fingerprint density at radius 2 is 1.76 bits per heavy atom. The first kappa shape index (κ1) is 12.1. The molecule has 1 aromatic heterocycles. The minimum atomic E-state index is 0.408. The third kappa shape index (κ3) is 3.29. The van der Waals surface area contributed by atoms with Crippen molar-refractivity contribution in [2.75, 3.05) is 5.32 Å². The monoisotopic (exact) mass is 351 g/mol. The third-order valence-electron chi connectivity index (χ3n) is 2.03.